The standard InChI is InChI=1S/C20H22N2O2/c1-4-19(24-18-10-5-14(2)15(3)13-18)20(23)22-17-8-6-16(7-9-17)11-12-21/h5-10,13,19H,4,11H2,1-3H3,(H,22,23)/t19-/m1/s1. The molecule has 0 fully saturated rings. The van der Waals surface area contributed by atoms with Crippen LogP contribution in [0.1, 0.15) is 30.0 Å². The second-order valence-corrected chi connectivity index (χ2v) is 5.78. The Balaban J connectivity index is 2.02. The molecule has 2 aromatic rings. The molecule has 1 atom stereocenters. The fourth-order valence-corrected chi connectivity index (χ4v) is 2.29. The molecule has 0 aliphatic carbocycles. The highest BCUT2D eigenvalue weighted by molar-refractivity contribution is 5.94. The van der Waals surface area contributed by atoms with Crippen LogP contribution in [0.15, 0.2) is 42.5 Å². The van der Waals surface area contributed by atoms with Crippen molar-refractivity contribution in [3.05, 3.63) is 59.2 Å². The van der Waals surface area contributed by atoms with E-state index in [0.29, 0.717) is 24.3 Å². The van der Waals surface area contributed by atoms with Crippen LogP contribution in [0, 0.1) is 25.2 Å². The van der Waals surface area contributed by atoms with Gasteiger partial charge in [-0.2, -0.15) is 5.26 Å². The van der Waals surface area contributed by atoms with Crippen molar-refractivity contribution in [1.82, 2.24) is 0 Å². The molecule has 0 unspecified atom stereocenters. The van der Waals surface area contributed by atoms with Crippen molar-refractivity contribution in [3.63, 3.8) is 0 Å². The summed E-state index contributed by atoms with van der Waals surface area (Å²) in [4.78, 5) is 12.4. The van der Waals surface area contributed by atoms with Gasteiger partial charge in [-0.25, -0.2) is 0 Å². The predicted octanol–water partition coefficient (Wildman–Crippen LogP) is 4.17. The summed E-state index contributed by atoms with van der Waals surface area (Å²) in [6.07, 6.45) is 0.387. The molecule has 0 aliphatic heterocycles. The Bertz CT molecular complexity index is 745. The Morgan fingerprint density at radius 3 is 2.46 bits per heavy atom. The van der Waals surface area contributed by atoms with Gasteiger partial charge in [-0.1, -0.05) is 25.1 Å². The van der Waals surface area contributed by atoms with Crippen LogP contribution in [0.5, 0.6) is 5.75 Å². The van der Waals surface area contributed by atoms with Gasteiger partial charge in [0.25, 0.3) is 5.91 Å². The van der Waals surface area contributed by atoms with Gasteiger partial charge in [0.1, 0.15) is 5.75 Å². The van der Waals surface area contributed by atoms with E-state index in [1.807, 2.05) is 51.1 Å². The second-order valence-electron chi connectivity index (χ2n) is 5.78. The first-order valence-electron chi connectivity index (χ1n) is 8.04. The lowest BCUT2D eigenvalue weighted by atomic mass is 10.1. The van der Waals surface area contributed by atoms with Crippen molar-refractivity contribution in [3.8, 4) is 11.8 Å². The zero-order chi connectivity index (χ0) is 17.5. The first-order valence-corrected chi connectivity index (χ1v) is 8.04. The molecule has 124 valence electrons. The van der Waals surface area contributed by atoms with Crippen molar-refractivity contribution in [2.24, 2.45) is 0 Å². The molecule has 0 spiro atoms. The number of hydrogen-bond acceptors (Lipinski definition) is 3. The van der Waals surface area contributed by atoms with Gasteiger partial charge in [0.15, 0.2) is 6.10 Å². The summed E-state index contributed by atoms with van der Waals surface area (Å²) in [5.41, 5.74) is 3.95. The third kappa shape index (κ3) is 4.60. The van der Waals surface area contributed by atoms with E-state index >= 15 is 0 Å². The number of carbonyl (C=O) groups excluding carboxylic acids is 1. The molecule has 2 rings (SSSR count). The van der Waals surface area contributed by atoms with Gasteiger partial charge in [-0.3, -0.25) is 4.79 Å². The van der Waals surface area contributed by atoms with Crippen LogP contribution in [0.4, 0.5) is 5.69 Å². The summed E-state index contributed by atoms with van der Waals surface area (Å²) in [5, 5.41) is 11.5. The number of ether oxygens (including phenoxy) is 1. The SMILES string of the molecule is CC[C@@H](Oc1ccc(C)c(C)c1)C(=O)Nc1ccc(CC#N)cc1. The molecule has 0 saturated heterocycles. The summed E-state index contributed by atoms with van der Waals surface area (Å²) < 4.78 is 5.84. The van der Waals surface area contributed by atoms with E-state index < -0.39 is 6.10 Å². The molecule has 0 aliphatic rings. The molecule has 4 nitrogen and oxygen atoms in total. The van der Waals surface area contributed by atoms with Crippen LogP contribution < -0.4 is 10.1 Å². The Kier molecular flexibility index (Phi) is 5.97. The molecule has 1 amide bonds. The van der Waals surface area contributed by atoms with Crippen LogP contribution in [0.3, 0.4) is 0 Å². The molecule has 0 bridgehead atoms. The van der Waals surface area contributed by atoms with Gasteiger partial charge in [0.05, 0.1) is 12.5 Å². The highest BCUT2D eigenvalue weighted by Gasteiger charge is 2.18. The van der Waals surface area contributed by atoms with E-state index in [2.05, 4.69) is 11.4 Å². The number of carbonyl (C=O) groups is 1. The molecule has 24 heavy (non-hydrogen) atoms. The number of nitrogens with one attached hydrogen (secondary N) is 1. The Morgan fingerprint density at radius 2 is 1.88 bits per heavy atom. The quantitative estimate of drug-likeness (QED) is 0.868. The van der Waals surface area contributed by atoms with Gasteiger partial charge in [0.2, 0.25) is 0 Å². The molecular weight excluding hydrogens is 300 g/mol. The fraction of sp³-hybridized carbons (Fsp3) is 0.300. The highest BCUT2D eigenvalue weighted by Crippen LogP contribution is 2.19. The van der Waals surface area contributed by atoms with Crippen LogP contribution in [-0.4, -0.2) is 12.0 Å². The number of nitrogens with zero attached hydrogens (tertiary/aromatic N) is 1. The third-order valence-electron chi connectivity index (χ3n) is 3.92. The highest BCUT2D eigenvalue weighted by atomic mass is 16.5. The lowest BCUT2D eigenvalue weighted by Gasteiger charge is -2.18. The van der Waals surface area contributed by atoms with E-state index in [1.54, 1.807) is 12.1 Å². The van der Waals surface area contributed by atoms with E-state index in [0.717, 1.165) is 11.1 Å². The molecular formula is C20H22N2O2. The Hall–Kier alpha value is -2.80. The van der Waals surface area contributed by atoms with Crippen LogP contribution >= 0.6 is 0 Å². The lowest BCUT2D eigenvalue weighted by Crippen LogP contribution is -2.32. The summed E-state index contributed by atoms with van der Waals surface area (Å²) in [6.45, 7) is 5.98. The first-order chi connectivity index (χ1) is 11.5. The lowest BCUT2D eigenvalue weighted by molar-refractivity contribution is -0.122. The average Bonchev–Trinajstić information content (AvgIpc) is 2.57. The monoisotopic (exact) mass is 322 g/mol. The number of aryl methyl sites for hydroxylation is 2. The van der Waals surface area contributed by atoms with Crippen molar-refractivity contribution in [1.29, 1.82) is 5.26 Å². The van der Waals surface area contributed by atoms with E-state index in [4.69, 9.17) is 10.00 Å². The van der Waals surface area contributed by atoms with E-state index in [1.165, 1.54) is 5.56 Å². The summed E-state index contributed by atoms with van der Waals surface area (Å²) in [6, 6.07) is 15.2. The minimum absolute atomic E-state index is 0.177. The molecule has 4 heteroatoms. The van der Waals surface area contributed by atoms with Crippen molar-refractivity contribution >= 4 is 11.6 Å². The van der Waals surface area contributed by atoms with Gasteiger partial charge >= 0.3 is 0 Å². The maximum absolute atomic E-state index is 12.4. The fourth-order valence-electron chi connectivity index (χ4n) is 2.29. The largest absolute Gasteiger partial charge is 0.481 e. The molecule has 0 saturated carbocycles. The smallest absolute Gasteiger partial charge is 0.265 e. The summed E-state index contributed by atoms with van der Waals surface area (Å²) in [7, 11) is 0. The van der Waals surface area contributed by atoms with Crippen LogP contribution in [0.25, 0.3) is 0 Å². The number of rotatable bonds is 6. The van der Waals surface area contributed by atoms with Crippen LogP contribution in [-0.2, 0) is 11.2 Å². The second kappa shape index (κ2) is 8.16. The van der Waals surface area contributed by atoms with Gasteiger partial charge in [0, 0.05) is 5.69 Å². The number of benzene rings is 2. The van der Waals surface area contributed by atoms with Crippen molar-refractivity contribution < 1.29 is 9.53 Å². The maximum Gasteiger partial charge on any atom is 0.265 e. The van der Waals surface area contributed by atoms with E-state index in [-0.39, 0.29) is 5.91 Å². The minimum Gasteiger partial charge on any atom is -0.481 e. The normalized spacial score (nSPS) is 11.4. The third-order valence-corrected chi connectivity index (χ3v) is 3.92. The predicted molar refractivity (Wildman–Crippen MR) is 95.0 cm³/mol. The summed E-state index contributed by atoms with van der Waals surface area (Å²) >= 11 is 0. The molecule has 0 radical (unpaired) electrons. The summed E-state index contributed by atoms with van der Waals surface area (Å²) in [5.74, 6) is 0.522. The van der Waals surface area contributed by atoms with Crippen molar-refractivity contribution in [2.45, 2.75) is 39.7 Å². The molecule has 0 heterocycles. The van der Waals surface area contributed by atoms with E-state index in [9.17, 15) is 4.79 Å². The first kappa shape index (κ1) is 17.6. The Labute approximate surface area is 143 Å². The minimum atomic E-state index is -0.550. The molecule has 1 N–H and O–H groups in total. The van der Waals surface area contributed by atoms with Gasteiger partial charge in [-0.15, -0.1) is 0 Å². The maximum atomic E-state index is 12.4. The average molecular weight is 322 g/mol. The van der Waals surface area contributed by atoms with Gasteiger partial charge in [-0.05, 0) is 61.2 Å². The number of nitriles is 1. The van der Waals surface area contributed by atoms with Crippen molar-refractivity contribution in [2.75, 3.05) is 5.32 Å². The Morgan fingerprint density at radius 1 is 1.17 bits per heavy atom. The molecule has 2 aromatic carbocycles. The molecule has 0 aromatic heterocycles. The van der Waals surface area contributed by atoms with Gasteiger partial charge < -0.3 is 10.1 Å². The number of hydrogen-bond donors (Lipinski definition) is 1. The van der Waals surface area contributed by atoms with Crippen LogP contribution in [0.2, 0.25) is 0 Å². The number of anilines is 1. The topological polar surface area (TPSA) is 62.1 Å². The number of amides is 1. The zero-order valence-electron chi connectivity index (χ0n) is 14.3. The zero-order valence-corrected chi connectivity index (χ0v) is 14.3.